The van der Waals surface area contributed by atoms with Gasteiger partial charge in [0.2, 0.25) is 5.91 Å². The number of amides is 1. The lowest BCUT2D eigenvalue weighted by Gasteiger charge is -2.03. The molecule has 0 spiro atoms. The SMILES string of the molecule is CC(C)CC(=O)Nc1nc2ccc([N+](=O)[O-])cc2s1. The Labute approximate surface area is 113 Å². The van der Waals surface area contributed by atoms with Crippen LogP contribution in [-0.4, -0.2) is 15.8 Å². The molecule has 0 aliphatic rings. The molecular formula is C12H13N3O3S. The Balaban J connectivity index is 2.22. The van der Waals surface area contributed by atoms with Crippen LogP contribution in [0.25, 0.3) is 10.2 Å². The molecule has 1 N–H and O–H groups in total. The predicted molar refractivity (Wildman–Crippen MR) is 74.4 cm³/mol. The van der Waals surface area contributed by atoms with Gasteiger partial charge in [-0.15, -0.1) is 0 Å². The molecule has 2 aromatic rings. The van der Waals surface area contributed by atoms with Crippen LogP contribution in [0.2, 0.25) is 0 Å². The van der Waals surface area contributed by atoms with Crippen LogP contribution in [0.15, 0.2) is 18.2 Å². The zero-order valence-electron chi connectivity index (χ0n) is 10.5. The summed E-state index contributed by atoms with van der Waals surface area (Å²) in [4.78, 5) is 26.1. The third-order valence-electron chi connectivity index (χ3n) is 2.42. The highest BCUT2D eigenvalue weighted by Crippen LogP contribution is 2.29. The van der Waals surface area contributed by atoms with Gasteiger partial charge in [0.25, 0.3) is 5.69 Å². The molecule has 100 valence electrons. The molecule has 1 heterocycles. The Bertz CT molecular complexity index is 636. The zero-order valence-corrected chi connectivity index (χ0v) is 11.4. The molecule has 7 heteroatoms. The van der Waals surface area contributed by atoms with E-state index in [1.165, 1.54) is 23.5 Å². The largest absolute Gasteiger partial charge is 0.302 e. The van der Waals surface area contributed by atoms with Gasteiger partial charge in [0, 0.05) is 18.6 Å². The molecule has 1 aromatic carbocycles. The Hall–Kier alpha value is -2.02. The van der Waals surface area contributed by atoms with Gasteiger partial charge in [-0.25, -0.2) is 4.98 Å². The molecule has 0 saturated heterocycles. The van der Waals surface area contributed by atoms with E-state index >= 15 is 0 Å². The van der Waals surface area contributed by atoms with E-state index in [1.807, 2.05) is 13.8 Å². The fourth-order valence-electron chi connectivity index (χ4n) is 1.62. The van der Waals surface area contributed by atoms with Crippen LogP contribution in [0.1, 0.15) is 20.3 Å². The van der Waals surface area contributed by atoms with Crippen LogP contribution < -0.4 is 5.32 Å². The highest BCUT2D eigenvalue weighted by molar-refractivity contribution is 7.22. The van der Waals surface area contributed by atoms with Crippen molar-refractivity contribution in [2.24, 2.45) is 5.92 Å². The number of carbonyl (C=O) groups is 1. The molecule has 2 rings (SSSR count). The number of nitro benzene ring substituents is 1. The first-order chi connectivity index (χ1) is 8.95. The van der Waals surface area contributed by atoms with E-state index in [2.05, 4.69) is 10.3 Å². The van der Waals surface area contributed by atoms with E-state index in [4.69, 9.17) is 0 Å². The Morgan fingerprint density at radius 3 is 2.89 bits per heavy atom. The second-order valence-electron chi connectivity index (χ2n) is 4.57. The normalized spacial score (nSPS) is 10.9. The summed E-state index contributed by atoms with van der Waals surface area (Å²) in [6.45, 7) is 3.92. The van der Waals surface area contributed by atoms with Crippen molar-refractivity contribution in [2.45, 2.75) is 20.3 Å². The Morgan fingerprint density at radius 1 is 1.53 bits per heavy atom. The maximum absolute atomic E-state index is 11.6. The maximum Gasteiger partial charge on any atom is 0.270 e. The number of anilines is 1. The van der Waals surface area contributed by atoms with Gasteiger partial charge in [-0.1, -0.05) is 25.2 Å². The Morgan fingerprint density at radius 2 is 2.26 bits per heavy atom. The smallest absolute Gasteiger partial charge is 0.270 e. The lowest BCUT2D eigenvalue weighted by Crippen LogP contribution is -2.13. The monoisotopic (exact) mass is 279 g/mol. The van der Waals surface area contributed by atoms with Gasteiger partial charge in [0.1, 0.15) is 0 Å². The number of nitrogens with one attached hydrogen (secondary N) is 1. The Kier molecular flexibility index (Phi) is 3.75. The second kappa shape index (κ2) is 5.31. The molecule has 0 radical (unpaired) electrons. The van der Waals surface area contributed by atoms with Crippen molar-refractivity contribution in [1.29, 1.82) is 0 Å². The summed E-state index contributed by atoms with van der Waals surface area (Å²) in [7, 11) is 0. The highest BCUT2D eigenvalue weighted by atomic mass is 32.1. The van der Waals surface area contributed by atoms with E-state index in [9.17, 15) is 14.9 Å². The summed E-state index contributed by atoms with van der Waals surface area (Å²) in [6, 6.07) is 4.45. The van der Waals surface area contributed by atoms with Crippen molar-refractivity contribution in [1.82, 2.24) is 4.98 Å². The average molecular weight is 279 g/mol. The highest BCUT2D eigenvalue weighted by Gasteiger charge is 2.12. The lowest BCUT2D eigenvalue weighted by atomic mass is 10.1. The summed E-state index contributed by atoms with van der Waals surface area (Å²) >= 11 is 1.24. The van der Waals surface area contributed by atoms with Crippen molar-refractivity contribution < 1.29 is 9.72 Å². The molecule has 0 aliphatic carbocycles. The molecule has 0 aliphatic heterocycles. The number of hydrogen-bond acceptors (Lipinski definition) is 5. The fourth-order valence-corrected chi connectivity index (χ4v) is 2.54. The molecule has 0 unspecified atom stereocenters. The van der Waals surface area contributed by atoms with Gasteiger partial charge in [0.05, 0.1) is 15.1 Å². The molecule has 0 fully saturated rings. The molecule has 19 heavy (non-hydrogen) atoms. The molecule has 1 amide bonds. The molecule has 1 aromatic heterocycles. The van der Waals surface area contributed by atoms with Gasteiger partial charge in [-0.3, -0.25) is 14.9 Å². The minimum atomic E-state index is -0.448. The van der Waals surface area contributed by atoms with Crippen molar-refractivity contribution in [2.75, 3.05) is 5.32 Å². The topological polar surface area (TPSA) is 85.1 Å². The van der Waals surface area contributed by atoms with Crippen LogP contribution in [-0.2, 0) is 4.79 Å². The van der Waals surface area contributed by atoms with E-state index in [-0.39, 0.29) is 17.5 Å². The second-order valence-corrected chi connectivity index (χ2v) is 5.60. The molecular weight excluding hydrogens is 266 g/mol. The zero-order chi connectivity index (χ0) is 14.0. The summed E-state index contributed by atoms with van der Waals surface area (Å²) in [5.74, 6) is 0.180. The number of aromatic nitrogens is 1. The van der Waals surface area contributed by atoms with E-state index in [0.717, 1.165) is 0 Å². The summed E-state index contributed by atoms with van der Waals surface area (Å²) in [5, 5.41) is 13.9. The summed E-state index contributed by atoms with van der Waals surface area (Å²) in [5.41, 5.74) is 0.673. The molecule has 0 saturated carbocycles. The van der Waals surface area contributed by atoms with Gasteiger partial charge >= 0.3 is 0 Å². The molecule has 6 nitrogen and oxygen atoms in total. The van der Waals surface area contributed by atoms with Gasteiger partial charge in [-0.2, -0.15) is 0 Å². The van der Waals surface area contributed by atoms with Gasteiger partial charge < -0.3 is 5.32 Å². The van der Waals surface area contributed by atoms with E-state index < -0.39 is 4.92 Å². The number of hydrogen-bond donors (Lipinski definition) is 1. The number of carbonyl (C=O) groups excluding carboxylic acids is 1. The first-order valence-electron chi connectivity index (χ1n) is 5.80. The minimum Gasteiger partial charge on any atom is -0.302 e. The lowest BCUT2D eigenvalue weighted by molar-refractivity contribution is -0.384. The summed E-state index contributed by atoms with van der Waals surface area (Å²) < 4.78 is 0.689. The standard InChI is InChI=1S/C12H13N3O3S/c1-7(2)5-11(16)14-12-13-9-4-3-8(15(17)18)6-10(9)19-12/h3-4,6-7H,5H2,1-2H3,(H,13,14,16). The van der Waals surface area contributed by atoms with Crippen LogP contribution >= 0.6 is 11.3 Å². The quantitative estimate of drug-likeness (QED) is 0.688. The van der Waals surface area contributed by atoms with Gasteiger partial charge in [0.15, 0.2) is 5.13 Å². The predicted octanol–water partition coefficient (Wildman–Crippen LogP) is 3.19. The number of nitro groups is 1. The first kappa shape index (κ1) is 13.4. The number of non-ortho nitro benzene ring substituents is 1. The van der Waals surface area contributed by atoms with E-state index in [0.29, 0.717) is 21.8 Å². The molecule has 0 bridgehead atoms. The van der Waals surface area contributed by atoms with Crippen molar-refractivity contribution in [3.05, 3.63) is 28.3 Å². The number of rotatable bonds is 4. The third kappa shape index (κ3) is 3.25. The average Bonchev–Trinajstić information content (AvgIpc) is 2.68. The van der Waals surface area contributed by atoms with Crippen LogP contribution in [0, 0.1) is 16.0 Å². The van der Waals surface area contributed by atoms with Crippen LogP contribution in [0.5, 0.6) is 0 Å². The third-order valence-corrected chi connectivity index (χ3v) is 3.36. The molecule has 0 atom stereocenters. The van der Waals surface area contributed by atoms with Crippen LogP contribution in [0.4, 0.5) is 10.8 Å². The van der Waals surface area contributed by atoms with Crippen molar-refractivity contribution in [3.8, 4) is 0 Å². The number of benzene rings is 1. The summed E-state index contributed by atoms with van der Waals surface area (Å²) in [6.07, 6.45) is 0.427. The van der Waals surface area contributed by atoms with Gasteiger partial charge in [-0.05, 0) is 12.0 Å². The van der Waals surface area contributed by atoms with Crippen LogP contribution in [0.3, 0.4) is 0 Å². The number of thiazole rings is 1. The van der Waals surface area contributed by atoms with Crippen molar-refractivity contribution >= 4 is 38.3 Å². The minimum absolute atomic E-state index is 0.0243. The fraction of sp³-hybridized carbons (Fsp3) is 0.333. The first-order valence-corrected chi connectivity index (χ1v) is 6.62. The van der Waals surface area contributed by atoms with E-state index in [1.54, 1.807) is 6.07 Å². The van der Waals surface area contributed by atoms with Crippen molar-refractivity contribution in [3.63, 3.8) is 0 Å². The maximum atomic E-state index is 11.6. The number of nitrogens with zero attached hydrogens (tertiary/aromatic N) is 2. The number of fused-ring (bicyclic) bond motifs is 1.